The van der Waals surface area contributed by atoms with Crippen LogP contribution in [0.4, 0.5) is 0 Å². The maximum absolute atomic E-state index is 12.9. The smallest absolute Gasteiger partial charge is 0.231 e. The molecule has 2 N–H and O–H groups in total. The molecule has 0 unspecified atom stereocenters. The van der Waals surface area contributed by atoms with Crippen molar-refractivity contribution in [1.82, 2.24) is 5.32 Å². The molecule has 0 bridgehead atoms. The normalized spacial score (nSPS) is 23.9. The van der Waals surface area contributed by atoms with Gasteiger partial charge in [0.05, 0.1) is 11.0 Å². The average molecular weight is 358 g/mol. The van der Waals surface area contributed by atoms with E-state index in [9.17, 15) is 9.90 Å². The summed E-state index contributed by atoms with van der Waals surface area (Å²) >= 11 is 5.25. The fourth-order valence-corrected chi connectivity index (χ4v) is 6.83. The highest BCUT2D eigenvalue weighted by Crippen LogP contribution is 2.43. The van der Waals surface area contributed by atoms with Gasteiger partial charge in [-0.15, -0.1) is 11.3 Å². The molecule has 1 aromatic heterocycles. The third-order valence-corrected chi connectivity index (χ3v) is 8.38. The van der Waals surface area contributed by atoms with E-state index in [-0.39, 0.29) is 11.3 Å². The van der Waals surface area contributed by atoms with Crippen molar-refractivity contribution in [3.8, 4) is 0 Å². The van der Waals surface area contributed by atoms with E-state index in [2.05, 4.69) is 16.8 Å². The Bertz CT molecular complexity index is 489. The molecule has 0 atom stereocenters. The van der Waals surface area contributed by atoms with E-state index in [0.717, 1.165) is 37.2 Å². The summed E-state index contributed by atoms with van der Waals surface area (Å²) in [6.07, 6.45) is 4.09. The molecule has 1 aliphatic carbocycles. The number of amides is 1. The Hall–Kier alpha value is -0.170. The first-order valence-electron chi connectivity index (χ1n) is 7.85. The standard InChI is InChI=1S/C16H23NO2S3/c18-14(17-10-15(19)11-20-8-9-21-12-15)16(5-1-2-6-16)13-4-3-7-22-13/h3-4,7,19H,1-2,5-6,8-12H2,(H,17,18). The zero-order chi connectivity index (χ0) is 15.5. The fraction of sp³-hybridized carbons (Fsp3) is 0.688. The van der Waals surface area contributed by atoms with Crippen LogP contribution >= 0.6 is 34.9 Å². The van der Waals surface area contributed by atoms with Crippen molar-refractivity contribution in [3.05, 3.63) is 22.4 Å². The average Bonchev–Trinajstić information content (AvgIpc) is 3.16. The van der Waals surface area contributed by atoms with Crippen molar-refractivity contribution in [2.45, 2.75) is 36.7 Å². The Balaban J connectivity index is 1.67. The van der Waals surface area contributed by atoms with Crippen LogP contribution in [0.5, 0.6) is 0 Å². The Kier molecular flexibility index (Phi) is 5.43. The van der Waals surface area contributed by atoms with Crippen molar-refractivity contribution < 1.29 is 9.90 Å². The van der Waals surface area contributed by atoms with Gasteiger partial charge in [-0.05, 0) is 24.3 Å². The van der Waals surface area contributed by atoms with Crippen molar-refractivity contribution in [2.75, 3.05) is 29.6 Å². The number of thioether (sulfide) groups is 2. The SMILES string of the molecule is O=C(NCC1(O)CSCCSC1)C1(c2cccs2)CCCC1. The number of aliphatic hydroxyl groups is 1. The van der Waals surface area contributed by atoms with Crippen molar-refractivity contribution in [3.63, 3.8) is 0 Å². The quantitative estimate of drug-likeness (QED) is 0.870. The maximum Gasteiger partial charge on any atom is 0.231 e. The number of carbonyl (C=O) groups excluding carboxylic acids is 1. The summed E-state index contributed by atoms with van der Waals surface area (Å²) in [5.41, 5.74) is -1.12. The molecule has 6 heteroatoms. The van der Waals surface area contributed by atoms with Crippen molar-refractivity contribution in [1.29, 1.82) is 0 Å². The minimum absolute atomic E-state index is 0.111. The molecule has 1 saturated heterocycles. The first-order valence-corrected chi connectivity index (χ1v) is 11.0. The molecule has 0 aromatic carbocycles. The van der Waals surface area contributed by atoms with Gasteiger partial charge in [-0.25, -0.2) is 0 Å². The van der Waals surface area contributed by atoms with E-state index < -0.39 is 5.60 Å². The summed E-state index contributed by atoms with van der Waals surface area (Å²) in [5.74, 6) is 3.71. The summed E-state index contributed by atoms with van der Waals surface area (Å²) in [6.45, 7) is 0.374. The Labute approximate surface area is 144 Å². The van der Waals surface area contributed by atoms with Crippen molar-refractivity contribution in [2.24, 2.45) is 0 Å². The molecule has 3 nitrogen and oxygen atoms in total. The highest BCUT2D eigenvalue weighted by atomic mass is 32.2. The van der Waals surface area contributed by atoms with Gasteiger partial charge < -0.3 is 10.4 Å². The van der Waals surface area contributed by atoms with Gasteiger partial charge in [-0.3, -0.25) is 4.79 Å². The summed E-state index contributed by atoms with van der Waals surface area (Å²) in [6, 6.07) is 4.11. The number of nitrogens with one attached hydrogen (secondary N) is 1. The lowest BCUT2D eigenvalue weighted by atomic mass is 9.83. The Morgan fingerprint density at radius 1 is 1.23 bits per heavy atom. The number of hydrogen-bond acceptors (Lipinski definition) is 5. The van der Waals surface area contributed by atoms with Crippen LogP contribution < -0.4 is 5.32 Å². The molecular formula is C16H23NO2S3. The summed E-state index contributed by atoms with van der Waals surface area (Å²) < 4.78 is 0. The van der Waals surface area contributed by atoms with E-state index in [0.29, 0.717) is 18.1 Å². The van der Waals surface area contributed by atoms with Crippen LogP contribution in [0.1, 0.15) is 30.6 Å². The number of rotatable bonds is 4. The number of thiophene rings is 1. The summed E-state index contributed by atoms with van der Waals surface area (Å²) in [5, 5.41) is 15.8. The van der Waals surface area contributed by atoms with Crippen molar-refractivity contribution >= 4 is 40.8 Å². The van der Waals surface area contributed by atoms with Crippen LogP contribution in [0.3, 0.4) is 0 Å². The molecule has 1 aromatic rings. The zero-order valence-electron chi connectivity index (χ0n) is 12.7. The van der Waals surface area contributed by atoms with Crippen LogP contribution in [0, 0.1) is 0 Å². The molecule has 3 rings (SSSR count). The molecule has 1 amide bonds. The van der Waals surface area contributed by atoms with Crippen LogP contribution in [0.2, 0.25) is 0 Å². The third-order valence-electron chi connectivity index (χ3n) is 4.58. The highest BCUT2D eigenvalue weighted by molar-refractivity contribution is 8.03. The summed E-state index contributed by atoms with van der Waals surface area (Å²) in [4.78, 5) is 14.1. The maximum atomic E-state index is 12.9. The molecule has 2 aliphatic rings. The fourth-order valence-electron chi connectivity index (χ4n) is 3.31. The first kappa shape index (κ1) is 16.7. The van der Waals surface area contributed by atoms with Gasteiger partial charge in [0.2, 0.25) is 5.91 Å². The van der Waals surface area contributed by atoms with Gasteiger partial charge >= 0.3 is 0 Å². The lowest BCUT2D eigenvalue weighted by molar-refractivity contribution is -0.127. The molecule has 0 spiro atoms. The molecule has 22 heavy (non-hydrogen) atoms. The monoisotopic (exact) mass is 357 g/mol. The summed E-state index contributed by atoms with van der Waals surface area (Å²) in [7, 11) is 0. The molecule has 2 fully saturated rings. The van der Waals surface area contributed by atoms with Gasteiger partial charge in [0, 0.05) is 34.4 Å². The van der Waals surface area contributed by atoms with E-state index in [1.165, 1.54) is 4.88 Å². The second kappa shape index (κ2) is 7.16. The van der Waals surface area contributed by atoms with Crippen LogP contribution in [-0.2, 0) is 10.2 Å². The second-order valence-corrected chi connectivity index (χ2v) is 9.44. The minimum atomic E-state index is -0.767. The predicted octanol–water partition coefficient (Wildman–Crippen LogP) is 2.89. The minimum Gasteiger partial charge on any atom is -0.386 e. The largest absolute Gasteiger partial charge is 0.386 e. The lowest BCUT2D eigenvalue weighted by Crippen LogP contribution is -2.51. The van der Waals surface area contributed by atoms with Gasteiger partial charge in [0.1, 0.15) is 0 Å². The molecule has 2 heterocycles. The first-order chi connectivity index (χ1) is 10.6. The Morgan fingerprint density at radius 3 is 2.50 bits per heavy atom. The van der Waals surface area contributed by atoms with Gasteiger partial charge in [0.15, 0.2) is 0 Å². The van der Waals surface area contributed by atoms with Crippen LogP contribution in [0.15, 0.2) is 17.5 Å². The van der Waals surface area contributed by atoms with Crippen LogP contribution in [-0.4, -0.2) is 46.2 Å². The van der Waals surface area contributed by atoms with E-state index in [1.807, 2.05) is 6.07 Å². The lowest BCUT2D eigenvalue weighted by Gasteiger charge is -2.31. The van der Waals surface area contributed by atoms with Crippen LogP contribution in [0.25, 0.3) is 0 Å². The molecule has 1 saturated carbocycles. The third kappa shape index (κ3) is 3.50. The predicted molar refractivity (Wildman–Crippen MR) is 97.1 cm³/mol. The number of carbonyl (C=O) groups is 1. The molecule has 122 valence electrons. The topological polar surface area (TPSA) is 49.3 Å². The zero-order valence-corrected chi connectivity index (χ0v) is 15.1. The van der Waals surface area contributed by atoms with E-state index in [4.69, 9.17) is 0 Å². The van der Waals surface area contributed by atoms with Gasteiger partial charge in [-0.1, -0.05) is 18.9 Å². The second-order valence-electron chi connectivity index (χ2n) is 6.28. The van der Waals surface area contributed by atoms with E-state index >= 15 is 0 Å². The Morgan fingerprint density at radius 2 is 1.91 bits per heavy atom. The van der Waals surface area contributed by atoms with Gasteiger partial charge in [-0.2, -0.15) is 23.5 Å². The van der Waals surface area contributed by atoms with Gasteiger partial charge in [0.25, 0.3) is 0 Å². The number of hydrogen-bond donors (Lipinski definition) is 2. The van der Waals surface area contributed by atoms with E-state index in [1.54, 1.807) is 34.9 Å². The highest BCUT2D eigenvalue weighted by Gasteiger charge is 2.44. The molecular weight excluding hydrogens is 334 g/mol. The molecule has 0 radical (unpaired) electrons. The molecule has 1 aliphatic heterocycles.